The number of hydrogen-bond acceptors (Lipinski definition) is 8. The van der Waals surface area contributed by atoms with Crippen molar-refractivity contribution in [3.8, 4) is 34.6 Å². The molecule has 3 aromatic carbocycles. The van der Waals surface area contributed by atoms with Crippen molar-refractivity contribution in [1.82, 2.24) is 24.6 Å². The predicted octanol–water partition coefficient (Wildman–Crippen LogP) is 5.50. The summed E-state index contributed by atoms with van der Waals surface area (Å²) in [6.45, 7) is 3.23. The van der Waals surface area contributed by atoms with Crippen molar-refractivity contribution >= 4 is 22.8 Å². The van der Waals surface area contributed by atoms with E-state index in [0.717, 1.165) is 30.5 Å². The lowest BCUT2D eigenvalue weighted by Crippen LogP contribution is -2.39. The molecule has 1 atom stereocenters. The van der Waals surface area contributed by atoms with Gasteiger partial charge in [-0.2, -0.15) is 10.4 Å². The number of benzene rings is 3. The van der Waals surface area contributed by atoms with Crippen LogP contribution in [0.4, 0.5) is 5.82 Å². The maximum absolute atomic E-state index is 12.0. The molecule has 42 heavy (non-hydrogen) atoms. The third-order valence-corrected chi connectivity index (χ3v) is 7.37. The highest BCUT2D eigenvalue weighted by molar-refractivity contribution is 5.98. The molecule has 0 aliphatic carbocycles. The highest BCUT2D eigenvalue weighted by Gasteiger charge is 2.27. The van der Waals surface area contributed by atoms with Gasteiger partial charge in [-0.1, -0.05) is 24.3 Å². The smallest absolute Gasteiger partial charge is 0.219 e. The molecule has 3 heterocycles. The first-order valence-corrected chi connectivity index (χ1v) is 13.7. The molecule has 2 N–H and O–H groups in total. The maximum atomic E-state index is 12.0. The Bertz CT molecular complexity index is 1790. The average molecular weight is 560 g/mol. The second-order valence-electron chi connectivity index (χ2n) is 10.2. The Hall–Kier alpha value is -5.43. The minimum absolute atomic E-state index is 0.000411. The van der Waals surface area contributed by atoms with E-state index in [9.17, 15) is 10.1 Å². The molecule has 2 aromatic heterocycles. The maximum Gasteiger partial charge on any atom is 0.219 e. The van der Waals surface area contributed by atoms with Crippen molar-refractivity contribution in [3.05, 3.63) is 90.3 Å². The van der Waals surface area contributed by atoms with Gasteiger partial charge < -0.3 is 20.1 Å². The van der Waals surface area contributed by atoms with Crippen LogP contribution in [0.3, 0.4) is 0 Å². The number of nitriles is 1. The van der Waals surface area contributed by atoms with Crippen LogP contribution in [0.25, 0.3) is 22.3 Å². The summed E-state index contributed by atoms with van der Waals surface area (Å²) in [7, 11) is 0. The zero-order valence-corrected chi connectivity index (χ0v) is 23.1. The highest BCUT2D eigenvalue weighted by atomic mass is 16.5. The number of rotatable bonds is 7. The number of nitrogens with zero attached hydrogens (tertiary/aromatic N) is 6. The lowest BCUT2D eigenvalue weighted by molar-refractivity contribution is -0.130. The molecule has 0 unspecified atom stereocenters. The summed E-state index contributed by atoms with van der Waals surface area (Å²) in [4.78, 5) is 22.6. The van der Waals surface area contributed by atoms with Gasteiger partial charge in [0.1, 0.15) is 47.8 Å². The van der Waals surface area contributed by atoms with Crippen LogP contribution in [0.5, 0.6) is 17.2 Å². The second-order valence-corrected chi connectivity index (χ2v) is 10.2. The Kier molecular flexibility index (Phi) is 7.39. The van der Waals surface area contributed by atoms with E-state index in [1.807, 2.05) is 70.2 Å². The normalized spacial score (nSPS) is 14.9. The van der Waals surface area contributed by atoms with Crippen molar-refractivity contribution in [1.29, 1.82) is 5.26 Å². The standard InChI is InChI=1S/C32H29N7O3/c1-21(40)38-15-5-8-25(18-38)39-32-29(31(34)35-20-36-32)30(37-39)23-11-13-26(14-12-23)42-27-9-4-6-22(16-27)19-41-28-10-3-2-7-24(28)17-33/h2-4,6-7,9-14,16,20,25H,5,8,15,18-19H2,1H3,(H2,34,35,36)/t25-/m1/s1. The largest absolute Gasteiger partial charge is 0.488 e. The summed E-state index contributed by atoms with van der Waals surface area (Å²) in [5.41, 5.74) is 9.92. The summed E-state index contributed by atoms with van der Waals surface area (Å²) >= 11 is 0. The van der Waals surface area contributed by atoms with Crippen LogP contribution in [0.1, 0.15) is 36.9 Å². The fourth-order valence-corrected chi connectivity index (χ4v) is 5.25. The number of nitrogen functional groups attached to an aromatic ring is 1. The topological polar surface area (TPSA) is 132 Å². The minimum Gasteiger partial charge on any atom is -0.488 e. The van der Waals surface area contributed by atoms with Crippen LogP contribution in [0, 0.1) is 11.3 Å². The van der Waals surface area contributed by atoms with Crippen molar-refractivity contribution in [2.45, 2.75) is 32.4 Å². The van der Waals surface area contributed by atoms with Gasteiger partial charge in [-0.25, -0.2) is 14.6 Å². The first kappa shape index (κ1) is 26.8. The lowest BCUT2D eigenvalue weighted by atomic mass is 10.1. The summed E-state index contributed by atoms with van der Waals surface area (Å²) < 4.78 is 13.9. The van der Waals surface area contributed by atoms with E-state index < -0.39 is 0 Å². The molecule has 6 rings (SSSR count). The van der Waals surface area contributed by atoms with Crippen molar-refractivity contribution < 1.29 is 14.3 Å². The molecule has 1 aliphatic rings. The van der Waals surface area contributed by atoms with Gasteiger partial charge in [0.05, 0.1) is 17.0 Å². The van der Waals surface area contributed by atoms with Crippen LogP contribution in [0.2, 0.25) is 0 Å². The van der Waals surface area contributed by atoms with Crippen LogP contribution in [-0.2, 0) is 11.4 Å². The number of carbonyl (C=O) groups excluding carboxylic acids is 1. The number of ether oxygens (including phenoxy) is 2. The molecule has 0 radical (unpaired) electrons. The summed E-state index contributed by atoms with van der Waals surface area (Å²) in [6, 6.07) is 24.6. The van der Waals surface area contributed by atoms with Crippen molar-refractivity contribution in [3.63, 3.8) is 0 Å². The molecule has 1 fully saturated rings. The first-order chi connectivity index (χ1) is 20.5. The van der Waals surface area contributed by atoms with Crippen LogP contribution in [0.15, 0.2) is 79.1 Å². The van der Waals surface area contributed by atoms with Gasteiger partial charge in [0.15, 0.2) is 5.65 Å². The summed E-state index contributed by atoms with van der Waals surface area (Å²) in [5.74, 6) is 2.28. The minimum atomic E-state index is 0.000411. The highest BCUT2D eigenvalue weighted by Crippen LogP contribution is 2.35. The van der Waals surface area contributed by atoms with Gasteiger partial charge in [0.25, 0.3) is 0 Å². The van der Waals surface area contributed by atoms with Crippen molar-refractivity contribution in [2.24, 2.45) is 0 Å². The number of fused-ring (bicyclic) bond motifs is 1. The number of piperidine rings is 1. The molecule has 1 aliphatic heterocycles. The fraction of sp³-hybridized carbons (Fsp3) is 0.219. The van der Waals surface area contributed by atoms with Crippen LogP contribution >= 0.6 is 0 Å². The second kappa shape index (κ2) is 11.6. The third-order valence-electron chi connectivity index (χ3n) is 7.37. The van der Waals surface area contributed by atoms with Crippen LogP contribution in [-0.4, -0.2) is 43.6 Å². The van der Waals surface area contributed by atoms with Gasteiger partial charge in [0.2, 0.25) is 5.91 Å². The van der Waals surface area contributed by atoms with E-state index in [0.29, 0.717) is 58.5 Å². The van der Waals surface area contributed by atoms with Gasteiger partial charge in [-0.3, -0.25) is 4.79 Å². The van der Waals surface area contributed by atoms with E-state index in [2.05, 4.69) is 16.0 Å². The van der Waals surface area contributed by atoms with E-state index in [1.54, 1.807) is 19.1 Å². The van der Waals surface area contributed by atoms with Gasteiger partial charge in [0, 0.05) is 25.6 Å². The fourth-order valence-electron chi connectivity index (χ4n) is 5.25. The van der Waals surface area contributed by atoms with Gasteiger partial charge >= 0.3 is 0 Å². The Balaban J connectivity index is 1.21. The Labute approximate surface area is 242 Å². The van der Waals surface area contributed by atoms with Gasteiger partial charge in [-0.05, 0) is 66.9 Å². The number of anilines is 1. The van der Waals surface area contributed by atoms with E-state index >= 15 is 0 Å². The van der Waals surface area contributed by atoms with E-state index in [-0.39, 0.29) is 11.9 Å². The number of nitrogens with two attached hydrogens (primary N) is 1. The number of hydrogen-bond donors (Lipinski definition) is 1. The molecular weight excluding hydrogens is 530 g/mol. The predicted molar refractivity (Wildman–Crippen MR) is 158 cm³/mol. The molecule has 1 saturated heterocycles. The monoisotopic (exact) mass is 559 g/mol. The molecule has 5 aromatic rings. The number of likely N-dealkylation sites (tertiary alicyclic amines) is 1. The molecule has 10 nitrogen and oxygen atoms in total. The SMILES string of the molecule is CC(=O)N1CCC[C@@H](n2nc(-c3ccc(Oc4cccc(COc5ccccc5C#N)c4)cc3)c3c(N)ncnc32)C1. The molecule has 0 saturated carbocycles. The Morgan fingerprint density at radius 1 is 1.07 bits per heavy atom. The average Bonchev–Trinajstić information content (AvgIpc) is 3.42. The molecule has 10 heteroatoms. The summed E-state index contributed by atoms with van der Waals surface area (Å²) in [6.07, 6.45) is 3.24. The van der Waals surface area contributed by atoms with Crippen LogP contribution < -0.4 is 15.2 Å². The Morgan fingerprint density at radius 3 is 2.71 bits per heavy atom. The van der Waals surface area contributed by atoms with E-state index in [4.69, 9.17) is 20.3 Å². The number of carbonyl (C=O) groups is 1. The number of amides is 1. The third kappa shape index (κ3) is 5.45. The lowest BCUT2D eigenvalue weighted by Gasteiger charge is -2.32. The zero-order valence-electron chi connectivity index (χ0n) is 23.1. The number of aromatic nitrogens is 4. The molecule has 1 amide bonds. The first-order valence-electron chi connectivity index (χ1n) is 13.7. The van der Waals surface area contributed by atoms with E-state index in [1.165, 1.54) is 6.33 Å². The van der Waals surface area contributed by atoms with Crippen molar-refractivity contribution in [2.75, 3.05) is 18.8 Å². The molecule has 0 bridgehead atoms. The van der Waals surface area contributed by atoms with Gasteiger partial charge in [-0.15, -0.1) is 0 Å². The summed E-state index contributed by atoms with van der Waals surface area (Å²) in [5, 5.41) is 14.9. The quantitative estimate of drug-likeness (QED) is 0.276. The molecular formula is C32H29N7O3. The zero-order chi connectivity index (χ0) is 29.1. The Morgan fingerprint density at radius 2 is 1.90 bits per heavy atom. The molecule has 0 spiro atoms. The molecule has 210 valence electrons. The number of para-hydroxylation sites is 1.